The van der Waals surface area contributed by atoms with Crippen LogP contribution in [-0.4, -0.2) is 15.9 Å². The molecule has 1 aliphatic carbocycles. The highest BCUT2D eigenvalue weighted by molar-refractivity contribution is 7.98. The molecule has 0 saturated heterocycles. The van der Waals surface area contributed by atoms with Gasteiger partial charge in [-0.15, -0.1) is 11.8 Å². The quantitative estimate of drug-likeness (QED) is 0.641. The maximum Gasteiger partial charge on any atom is 0.258 e. The minimum atomic E-state index is -0.140. The van der Waals surface area contributed by atoms with Gasteiger partial charge in [0.2, 0.25) is 0 Å². The third-order valence-corrected chi connectivity index (χ3v) is 5.49. The van der Waals surface area contributed by atoms with Crippen LogP contribution in [0.3, 0.4) is 0 Å². The van der Waals surface area contributed by atoms with Crippen molar-refractivity contribution < 1.29 is 4.79 Å². The number of thioether (sulfide) groups is 1. The van der Waals surface area contributed by atoms with Crippen LogP contribution in [0.15, 0.2) is 71.7 Å². The third-order valence-electron chi connectivity index (χ3n) is 4.42. The molecule has 0 fully saturated rings. The summed E-state index contributed by atoms with van der Waals surface area (Å²) in [6.07, 6.45) is 8.42. The van der Waals surface area contributed by atoms with Crippen LogP contribution in [0.25, 0.3) is 6.08 Å². The number of allylic oxidation sites excluding steroid dienone is 1. The molecule has 0 atom stereocenters. The number of pyridine rings is 2. The highest BCUT2D eigenvalue weighted by Crippen LogP contribution is 2.28. The second-order valence-corrected chi connectivity index (χ2v) is 7.50. The molecule has 2 heterocycles. The highest BCUT2D eigenvalue weighted by atomic mass is 32.2. The molecule has 5 heteroatoms. The van der Waals surface area contributed by atoms with Gasteiger partial charge < -0.3 is 5.32 Å². The lowest BCUT2D eigenvalue weighted by Crippen LogP contribution is -2.13. The van der Waals surface area contributed by atoms with Crippen LogP contribution >= 0.6 is 11.8 Å². The molecular weight excluding hydrogens is 354 g/mol. The van der Waals surface area contributed by atoms with Crippen molar-refractivity contribution in [2.24, 2.45) is 0 Å². The summed E-state index contributed by atoms with van der Waals surface area (Å²) in [6, 6.07) is 13.6. The van der Waals surface area contributed by atoms with Crippen molar-refractivity contribution in [3.63, 3.8) is 0 Å². The summed E-state index contributed by atoms with van der Waals surface area (Å²) in [4.78, 5) is 21.3. The number of fused-ring (bicyclic) bond motifs is 1. The van der Waals surface area contributed by atoms with Gasteiger partial charge in [-0.1, -0.05) is 17.7 Å². The van der Waals surface area contributed by atoms with E-state index in [0.29, 0.717) is 5.56 Å². The van der Waals surface area contributed by atoms with Gasteiger partial charge in [0.05, 0.1) is 5.56 Å². The number of carbonyl (C=O) groups excluding carboxylic acids is 1. The summed E-state index contributed by atoms with van der Waals surface area (Å²) in [5.41, 5.74) is 6.37. The van der Waals surface area contributed by atoms with Crippen molar-refractivity contribution >= 4 is 29.4 Å². The van der Waals surface area contributed by atoms with Crippen molar-refractivity contribution in [3.8, 4) is 0 Å². The van der Waals surface area contributed by atoms with Gasteiger partial charge in [0.25, 0.3) is 5.91 Å². The summed E-state index contributed by atoms with van der Waals surface area (Å²) in [7, 11) is 0. The molecule has 4 rings (SSSR count). The lowest BCUT2D eigenvalue weighted by Gasteiger charge is -2.10. The van der Waals surface area contributed by atoms with E-state index in [0.717, 1.165) is 28.5 Å². The fraction of sp³-hybridized carbons (Fsp3) is 0.136. The summed E-state index contributed by atoms with van der Waals surface area (Å²) >= 11 is 1.55. The Hall–Kier alpha value is -2.92. The second kappa shape index (κ2) is 7.76. The van der Waals surface area contributed by atoms with Crippen LogP contribution in [0.1, 0.15) is 34.0 Å². The predicted molar refractivity (Wildman–Crippen MR) is 110 cm³/mol. The highest BCUT2D eigenvalue weighted by Gasteiger charge is 2.15. The van der Waals surface area contributed by atoms with Crippen molar-refractivity contribution in [1.29, 1.82) is 0 Å². The molecule has 3 aromatic rings. The van der Waals surface area contributed by atoms with E-state index in [9.17, 15) is 4.79 Å². The van der Waals surface area contributed by atoms with E-state index >= 15 is 0 Å². The molecule has 1 aliphatic rings. The number of carbonyl (C=O) groups is 1. The van der Waals surface area contributed by atoms with E-state index in [1.54, 1.807) is 36.4 Å². The lowest BCUT2D eigenvalue weighted by molar-refractivity contribution is 0.102. The largest absolute Gasteiger partial charge is 0.322 e. The minimum absolute atomic E-state index is 0.140. The lowest BCUT2D eigenvalue weighted by atomic mass is 10.1. The van der Waals surface area contributed by atoms with E-state index in [1.807, 2.05) is 30.3 Å². The third kappa shape index (κ3) is 4.09. The fourth-order valence-electron chi connectivity index (χ4n) is 3.09. The van der Waals surface area contributed by atoms with Gasteiger partial charge in [0.1, 0.15) is 5.03 Å². The van der Waals surface area contributed by atoms with Gasteiger partial charge in [-0.05, 0) is 66.4 Å². The number of hydrogen-bond donors (Lipinski definition) is 1. The fourth-order valence-corrected chi connectivity index (χ4v) is 4.04. The van der Waals surface area contributed by atoms with Crippen molar-refractivity contribution in [1.82, 2.24) is 9.97 Å². The Kier molecular flexibility index (Phi) is 5.03. The molecule has 0 bridgehead atoms. The van der Waals surface area contributed by atoms with E-state index in [-0.39, 0.29) is 5.91 Å². The normalized spacial score (nSPS) is 12.4. The molecule has 2 aromatic heterocycles. The number of nitrogens with one attached hydrogen (secondary N) is 1. The van der Waals surface area contributed by atoms with Crippen molar-refractivity contribution in [2.45, 2.75) is 24.1 Å². The predicted octanol–water partition coefficient (Wildman–Crippen LogP) is 4.98. The number of benzene rings is 1. The molecule has 0 aliphatic heterocycles. The van der Waals surface area contributed by atoms with E-state index in [2.05, 4.69) is 34.4 Å². The smallest absolute Gasteiger partial charge is 0.258 e. The van der Waals surface area contributed by atoms with Gasteiger partial charge in [0, 0.05) is 30.0 Å². The van der Waals surface area contributed by atoms with E-state index in [4.69, 9.17) is 0 Å². The number of aromatic nitrogens is 2. The molecule has 0 unspecified atom stereocenters. The Morgan fingerprint density at radius 3 is 2.85 bits per heavy atom. The first kappa shape index (κ1) is 17.5. The molecule has 27 heavy (non-hydrogen) atoms. The Bertz CT molecular complexity index is 1020. The zero-order chi connectivity index (χ0) is 18.6. The van der Waals surface area contributed by atoms with Crippen LogP contribution < -0.4 is 5.32 Å². The molecule has 1 aromatic carbocycles. The van der Waals surface area contributed by atoms with Crippen molar-refractivity contribution in [3.05, 3.63) is 88.9 Å². The maximum atomic E-state index is 12.8. The van der Waals surface area contributed by atoms with Gasteiger partial charge in [0.15, 0.2) is 0 Å². The van der Waals surface area contributed by atoms with Crippen LogP contribution in [0.2, 0.25) is 0 Å². The molecule has 0 spiro atoms. The van der Waals surface area contributed by atoms with Gasteiger partial charge >= 0.3 is 0 Å². The van der Waals surface area contributed by atoms with E-state index < -0.39 is 0 Å². The van der Waals surface area contributed by atoms with Gasteiger partial charge in [-0.2, -0.15) is 0 Å². The van der Waals surface area contributed by atoms with Crippen LogP contribution in [0.4, 0.5) is 5.69 Å². The molecule has 1 amide bonds. The molecule has 134 valence electrons. The first-order valence-electron chi connectivity index (χ1n) is 8.77. The summed E-state index contributed by atoms with van der Waals surface area (Å²) in [5, 5.41) is 3.74. The van der Waals surface area contributed by atoms with Gasteiger partial charge in [-0.25, -0.2) is 4.98 Å². The molecule has 0 radical (unpaired) electrons. The van der Waals surface area contributed by atoms with Crippen LogP contribution in [0, 0.1) is 0 Å². The first-order valence-corrected chi connectivity index (χ1v) is 9.76. The topological polar surface area (TPSA) is 54.9 Å². The minimum Gasteiger partial charge on any atom is -0.322 e. The van der Waals surface area contributed by atoms with Crippen LogP contribution in [0.5, 0.6) is 0 Å². The number of anilines is 1. The van der Waals surface area contributed by atoms with Crippen LogP contribution in [-0.2, 0) is 12.2 Å². The second-order valence-electron chi connectivity index (χ2n) is 6.54. The number of rotatable bonds is 5. The monoisotopic (exact) mass is 373 g/mol. The summed E-state index contributed by atoms with van der Waals surface area (Å²) in [5.74, 6) is 0.599. The average molecular weight is 373 g/mol. The van der Waals surface area contributed by atoms with Gasteiger partial charge in [-0.3, -0.25) is 9.78 Å². The standard InChI is InChI=1S/C22H19N3OS/c1-15-11-17-4-5-19(13-18(17)12-15)25-21(26)20-3-2-8-24-22(20)27-14-16-6-9-23-10-7-16/h2-10,12-13H,11,14H2,1H3,(H,25,26). The zero-order valence-electron chi connectivity index (χ0n) is 15.0. The summed E-state index contributed by atoms with van der Waals surface area (Å²) < 4.78 is 0. The zero-order valence-corrected chi connectivity index (χ0v) is 15.8. The Balaban J connectivity index is 1.50. The molecular formula is C22H19N3OS. The first-order chi connectivity index (χ1) is 13.2. The SMILES string of the molecule is CC1=Cc2cc(NC(=O)c3cccnc3SCc3ccncc3)ccc2C1. The Labute approximate surface area is 162 Å². The Morgan fingerprint density at radius 1 is 1.15 bits per heavy atom. The molecule has 1 N–H and O–H groups in total. The Morgan fingerprint density at radius 2 is 2.00 bits per heavy atom. The molecule has 4 nitrogen and oxygen atoms in total. The molecule has 0 saturated carbocycles. The number of hydrogen-bond acceptors (Lipinski definition) is 4. The average Bonchev–Trinajstić information content (AvgIpc) is 3.06. The summed E-state index contributed by atoms with van der Waals surface area (Å²) in [6.45, 7) is 2.13. The van der Waals surface area contributed by atoms with E-state index in [1.165, 1.54) is 16.7 Å². The number of amides is 1. The maximum absolute atomic E-state index is 12.8. The number of nitrogens with zero attached hydrogens (tertiary/aromatic N) is 2. The van der Waals surface area contributed by atoms with Crippen molar-refractivity contribution in [2.75, 3.05) is 5.32 Å².